The van der Waals surface area contributed by atoms with Crippen molar-refractivity contribution in [2.24, 2.45) is 5.41 Å². The Morgan fingerprint density at radius 1 is 1.06 bits per heavy atom. The van der Waals surface area contributed by atoms with Gasteiger partial charge < -0.3 is 14.9 Å². The van der Waals surface area contributed by atoms with Crippen LogP contribution in [-0.2, 0) is 4.79 Å². The number of aliphatic hydroxyl groups is 1. The number of rotatable bonds is 3. The predicted octanol–water partition coefficient (Wildman–Crippen LogP) is 3.80. The summed E-state index contributed by atoms with van der Waals surface area (Å²) < 4.78 is 14.1. The van der Waals surface area contributed by atoms with Crippen molar-refractivity contribution >= 4 is 22.6 Å². The molecule has 1 aromatic heterocycles. The molecule has 6 nitrogen and oxygen atoms in total. The van der Waals surface area contributed by atoms with Crippen molar-refractivity contribution in [2.45, 2.75) is 33.8 Å². The second-order valence-corrected chi connectivity index (χ2v) is 9.43. The minimum absolute atomic E-state index is 0.253. The zero-order valence-corrected chi connectivity index (χ0v) is 19.0. The van der Waals surface area contributed by atoms with Gasteiger partial charge in [-0.05, 0) is 36.1 Å². The van der Waals surface area contributed by atoms with Crippen LogP contribution in [0.1, 0.15) is 26.3 Å². The first-order valence-electron chi connectivity index (χ1n) is 10.9. The molecule has 1 atom stereocenters. The molecule has 7 heteroatoms. The zero-order valence-electron chi connectivity index (χ0n) is 19.0. The third kappa shape index (κ3) is 4.30. The van der Waals surface area contributed by atoms with Crippen molar-refractivity contribution in [1.29, 1.82) is 0 Å². The summed E-state index contributed by atoms with van der Waals surface area (Å²) in [4.78, 5) is 26.0. The van der Waals surface area contributed by atoms with Gasteiger partial charge in [0.2, 0.25) is 0 Å². The van der Waals surface area contributed by atoms with Crippen molar-refractivity contribution in [3.63, 3.8) is 0 Å². The van der Waals surface area contributed by atoms with Crippen LogP contribution in [0.5, 0.6) is 0 Å². The number of halogens is 1. The monoisotopic (exact) mass is 436 g/mol. The molecule has 0 radical (unpaired) electrons. The Morgan fingerprint density at radius 3 is 2.41 bits per heavy atom. The summed E-state index contributed by atoms with van der Waals surface area (Å²) in [6, 6.07) is 12.5. The van der Waals surface area contributed by atoms with Gasteiger partial charge in [-0.3, -0.25) is 4.79 Å². The van der Waals surface area contributed by atoms with Crippen LogP contribution in [0.15, 0.2) is 42.5 Å². The summed E-state index contributed by atoms with van der Waals surface area (Å²) in [5.41, 5.74) is 2.15. The molecule has 0 aliphatic carbocycles. The molecule has 0 spiro atoms. The lowest BCUT2D eigenvalue weighted by Gasteiger charge is -2.38. The van der Waals surface area contributed by atoms with E-state index in [0.717, 1.165) is 11.1 Å². The molecule has 0 unspecified atom stereocenters. The Morgan fingerprint density at radius 2 is 1.75 bits per heavy atom. The quantitative estimate of drug-likeness (QED) is 0.676. The molecule has 1 aliphatic heterocycles. The van der Waals surface area contributed by atoms with Crippen LogP contribution in [0.4, 0.5) is 10.2 Å². The van der Waals surface area contributed by atoms with Gasteiger partial charge in [0.25, 0.3) is 5.91 Å². The molecule has 1 amide bonds. The van der Waals surface area contributed by atoms with Gasteiger partial charge in [0.15, 0.2) is 5.82 Å². The second kappa shape index (κ2) is 8.47. The van der Waals surface area contributed by atoms with Crippen LogP contribution in [0.2, 0.25) is 0 Å². The predicted molar refractivity (Wildman–Crippen MR) is 124 cm³/mol. The number of hydrogen-bond acceptors (Lipinski definition) is 5. The van der Waals surface area contributed by atoms with Crippen molar-refractivity contribution in [1.82, 2.24) is 14.9 Å². The Kier molecular flexibility index (Phi) is 5.86. The average Bonchev–Trinajstić information content (AvgIpc) is 2.77. The fraction of sp³-hybridized carbons (Fsp3) is 0.400. The largest absolute Gasteiger partial charge is 0.383 e. The summed E-state index contributed by atoms with van der Waals surface area (Å²) in [7, 11) is 0. The van der Waals surface area contributed by atoms with E-state index >= 15 is 0 Å². The van der Waals surface area contributed by atoms with Gasteiger partial charge >= 0.3 is 0 Å². The molecule has 1 N–H and O–H groups in total. The number of aliphatic hydroxyl groups excluding tert-OH is 1. The smallest absolute Gasteiger partial charge is 0.252 e. The average molecular weight is 437 g/mol. The van der Waals surface area contributed by atoms with Gasteiger partial charge in [0.1, 0.15) is 17.7 Å². The van der Waals surface area contributed by atoms with Crippen molar-refractivity contribution in [3.05, 3.63) is 53.8 Å². The third-order valence-electron chi connectivity index (χ3n) is 5.97. The molecule has 168 valence electrons. The Bertz CT molecular complexity index is 1150. The molecule has 1 saturated heterocycles. The maximum absolute atomic E-state index is 14.1. The van der Waals surface area contributed by atoms with Gasteiger partial charge in [0.05, 0.1) is 5.52 Å². The molecule has 0 bridgehead atoms. The van der Waals surface area contributed by atoms with Gasteiger partial charge in [-0.1, -0.05) is 45.0 Å². The number of aromatic nitrogens is 2. The first-order valence-corrected chi connectivity index (χ1v) is 10.9. The summed E-state index contributed by atoms with van der Waals surface area (Å²) in [5.74, 6) is 0.666. The number of carbonyl (C=O) groups excluding carboxylic acids is 1. The highest BCUT2D eigenvalue weighted by molar-refractivity contribution is 5.91. The van der Waals surface area contributed by atoms with Crippen LogP contribution in [0.25, 0.3) is 22.3 Å². The van der Waals surface area contributed by atoms with E-state index in [2.05, 4.69) is 4.90 Å². The maximum Gasteiger partial charge on any atom is 0.252 e. The van der Waals surface area contributed by atoms with Gasteiger partial charge in [-0.15, -0.1) is 0 Å². The maximum atomic E-state index is 14.1. The van der Waals surface area contributed by atoms with Crippen molar-refractivity contribution in [3.8, 4) is 11.4 Å². The standard InChI is InChI=1S/C25H29FN4O2/c1-16-7-5-6-8-18(16)22-27-20-10-9-17(26)15-19(20)23(28-22)29-11-13-30(14-12-29)24(32)21(31)25(2,3)4/h5-10,15,21,31H,11-14H2,1-4H3/t21-/m0/s1. The molecule has 1 aliphatic rings. The summed E-state index contributed by atoms with van der Waals surface area (Å²) >= 11 is 0. The minimum atomic E-state index is -1.05. The molecular weight excluding hydrogens is 407 g/mol. The fourth-order valence-corrected chi connectivity index (χ4v) is 3.95. The van der Waals surface area contributed by atoms with Crippen LogP contribution in [0, 0.1) is 18.2 Å². The number of hydrogen-bond donors (Lipinski definition) is 1. The number of piperazine rings is 1. The number of amides is 1. The number of anilines is 1. The first kappa shape index (κ1) is 22.1. The van der Waals surface area contributed by atoms with Crippen LogP contribution in [0.3, 0.4) is 0 Å². The molecule has 2 aromatic carbocycles. The Hall–Kier alpha value is -3.06. The van der Waals surface area contributed by atoms with Crippen molar-refractivity contribution < 1.29 is 14.3 Å². The minimum Gasteiger partial charge on any atom is -0.383 e. The normalized spacial score (nSPS) is 15.8. The third-order valence-corrected chi connectivity index (χ3v) is 5.97. The zero-order chi connectivity index (χ0) is 23.0. The lowest BCUT2D eigenvalue weighted by Crippen LogP contribution is -2.53. The van der Waals surface area contributed by atoms with Crippen LogP contribution < -0.4 is 4.90 Å². The number of aryl methyl sites for hydroxylation is 1. The Labute approximate surface area is 187 Å². The first-order chi connectivity index (χ1) is 15.1. The molecule has 1 fully saturated rings. The SMILES string of the molecule is Cc1ccccc1-c1nc(N2CCN(C(=O)[C@H](O)C(C)(C)C)CC2)c2cc(F)ccc2n1. The topological polar surface area (TPSA) is 69.6 Å². The number of nitrogens with zero attached hydrogens (tertiary/aromatic N) is 4. The molecular formula is C25H29FN4O2. The van der Waals surface area contributed by atoms with Gasteiger partial charge in [-0.25, -0.2) is 14.4 Å². The summed E-state index contributed by atoms with van der Waals surface area (Å²) in [5, 5.41) is 11.0. The molecule has 0 saturated carbocycles. The molecule has 4 rings (SSSR count). The highest BCUT2D eigenvalue weighted by atomic mass is 19.1. The van der Waals surface area contributed by atoms with Crippen molar-refractivity contribution in [2.75, 3.05) is 31.1 Å². The van der Waals surface area contributed by atoms with E-state index in [9.17, 15) is 14.3 Å². The summed E-state index contributed by atoms with van der Waals surface area (Å²) in [6.07, 6.45) is -1.05. The molecule has 2 heterocycles. The summed E-state index contributed by atoms with van der Waals surface area (Å²) in [6.45, 7) is 9.56. The van der Waals surface area contributed by atoms with E-state index in [-0.39, 0.29) is 11.7 Å². The fourth-order valence-electron chi connectivity index (χ4n) is 3.95. The second-order valence-electron chi connectivity index (χ2n) is 9.43. The van der Waals surface area contributed by atoms with E-state index in [0.29, 0.717) is 48.7 Å². The van der Waals surface area contributed by atoms with Gasteiger partial charge in [-0.2, -0.15) is 0 Å². The van der Waals surface area contributed by atoms with E-state index in [1.807, 2.05) is 52.0 Å². The van der Waals surface area contributed by atoms with Crippen LogP contribution >= 0.6 is 0 Å². The van der Waals surface area contributed by atoms with Crippen LogP contribution in [-0.4, -0.2) is 58.2 Å². The lowest BCUT2D eigenvalue weighted by molar-refractivity contribution is -0.146. The van der Waals surface area contributed by atoms with E-state index in [1.54, 1.807) is 11.0 Å². The number of benzene rings is 2. The lowest BCUT2D eigenvalue weighted by atomic mass is 9.88. The number of fused-ring (bicyclic) bond motifs is 1. The highest BCUT2D eigenvalue weighted by Gasteiger charge is 2.34. The highest BCUT2D eigenvalue weighted by Crippen LogP contribution is 2.30. The van der Waals surface area contributed by atoms with E-state index in [1.165, 1.54) is 12.1 Å². The molecule has 32 heavy (non-hydrogen) atoms. The molecule has 3 aromatic rings. The van der Waals surface area contributed by atoms with E-state index in [4.69, 9.17) is 9.97 Å². The van der Waals surface area contributed by atoms with E-state index < -0.39 is 11.5 Å². The number of carbonyl (C=O) groups is 1. The van der Waals surface area contributed by atoms with Gasteiger partial charge in [0, 0.05) is 37.1 Å². The Balaban J connectivity index is 1.66.